The lowest BCUT2D eigenvalue weighted by Gasteiger charge is -2.25. The molecule has 0 bridgehead atoms. The molecule has 0 amide bonds. The molecule has 146 valence electrons. The van der Waals surface area contributed by atoms with E-state index in [1.54, 1.807) is 11.9 Å². The highest BCUT2D eigenvalue weighted by atomic mass is 16.4. The van der Waals surface area contributed by atoms with Crippen molar-refractivity contribution in [3.05, 3.63) is 33.4 Å². The Bertz CT molecular complexity index is 1140. The number of nitrogens with two attached hydrogens (primary N) is 3. The lowest BCUT2D eigenvalue weighted by Crippen LogP contribution is -2.22. The number of fused-ring (bicyclic) bond motifs is 1. The van der Waals surface area contributed by atoms with Crippen molar-refractivity contribution in [3.8, 4) is 5.75 Å². The van der Waals surface area contributed by atoms with E-state index in [1.165, 1.54) is 13.1 Å². The van der Waals surface area contributed by atoms with E-state index < -0.39 is 22.8 Å². The number of nitrogen functional groups attached to an aromatic ring is 3. The van der Waals surface area contributed by atoms with Crippen LogP contribution in [0.5, 0.6) is 5.75 Å². The number of aromatic hydroxyl groups is 1. The first-order chi connectivity index (χ1) is 13.1. The fourth-order valence-electron chi connectivity index (χ4n) is 2.97. The van der Waals surface area contributed by atoms with Crippen molar-refractivity contribution >= 4 is 40.1 Å². The third kappa shape index (κ3) is 2.96. The normalized spacial score (nSPS) is 10.9. The van der Waals surface area contributed by atoms with Crippen LogP contribution in [-0.4, -0.2) is 43.2 Å². The number of carbonyl (C=O) groups is 1. The van der Waals surface area contributed by atoms with E-state index in [0.717, 1.165) is 0 Å². The van der Waals surface area contributed by atoms with Gasteiger partial charge in [0, 0.05) is 12.6 Å². The van der Waals surface area contributed by atoms with Crippen molar-refractivity contribution in [2.75, 3.05) is 29.1 Å². The minimum absolute atomic E-state index is 0.0104. The van der Waals surface area contributed by atoms with E-state index in [9.17, 15) is 19.8 Å². The van der Waals surface area contributed by atoms with E-state index >= 15 is 0 Å². The summed E-state index contributed by atoms with van der Waals surface area (Å²) in [5.74, 6) is -1.92. The van der Waals surface area contributed by atoms with Gasteiger partial charge in [-0.2, -0.15) is 4.98 Å². The summed E-state index contributed by atoms with van der Waals surface area (Å²) in [4.78, 5) is 39.5. The van der Waals surface area contributed by atoms with Gasteiger partial charge in [0.1, 0.15) is 11.3 Å². The van der Waals surface area contributed by atoms with Crippen LogP contribution in [0.2, 0.25) is 0 Å². The number of benzene rings is 1. The van der Waals surface area contributed by atoms with Crippen LogP contribution in [0.25, 0.3) is 11.2 Å². The van der Waals surface area contributed by atoms with Crippen LogP contribution in [0.4, 0.5) is 23.0 Å². The van der Waals surface area contributed by atoms with E-state index in [2.05, 4.69) is 19.9 Å². The van der Waals surface area contributed by atoms with Gasteiger partial charge in [-0.1, -0.05) is 0 Å². The predicted octanol–water partition coefficient (Wildman–Crippen LogP) is -0.192. The molecular weight excluding hydrogens is 368 g/mol. The van der Waals surface area contributed by atoms with Crippen LogP contribution in [0, 0.1) is 6.92 Å². The van der Waals surface area contributed by atoms with E-state index in [0.29, 0.717) is 11.4 Å². The van der Waals surface area contributed by atoms with Gasteiger partial charge in [0.05, 0.1) is 35.5 Å². The number of nitrogens with one attached hydrogen (secondary N) is 1. The number of hydrogen-bond acceptors (Lipinski definition) is 10. The number of anilines is 4. The van der Waals surface area contributed by atoms with Crippen LogP contribution < -0.4 is 27.7 Å². The Morgan fingerprint density at radius 3 is 2.57 bits per heavy atom. The summed E-state index contributed by atoms with van der Waals surface area (Å²) in [6, 6.07) is 0. The van der Waals surface area contributed by atoms with Gasteiger partial charge in [0.25, 0.3) is 5.56 Å². The number of rotatable bonds is 4. The Hall–Kier alpha value is -4.09. The number of carboxylic acids is 1. The third-order valence-corrected chi connectivity index (χ3v) is 4.24. The monoisotopic (exact) mass is 386 g/mol. The molecule has 9 N–H and O–H groups in total. The van der Waals surface area contributed by atoms with Crippen molar-refractivity contribution < 1.29 is 15.0 Å². The first-order valence-electron chi connectivity index (χ1n) is 7.98. The summed E-state index contributed by atoms with van der Waals surface area (Å²) >= 11 is 0. The van der Waals surface area contributed by atoms with Gasteiger partial charge in [-0.3, -0.25) is 9.78 Å². The standard InChI is InChI=1S/C16H18N8O4/c1-5-11(9(18)8(17)7(12(5)25)15(27)28)24(2)4-6-3-20-13-10(21-6)14(26)23-16(19)22-13/h3,25H,4,17-18H2,1-2H3,(H,27,28)(H3,19,20,22,23,26). The number of phenols is 1. The number of hydrogen-bond donors (Lipinski definition) is 6. The maximum Gasteiger partial charge on any atom is 0.341 e. The van der Waals surface area contributed by atoms with Crippen molar-refractivity contribution in [2.45, 2.75) is 13.5 Å². The van der Waals surface area contributed by atoms with Gasteiger partial charge in [0.15, 0.2) is 11.2 Å². The van der Waals surface area contributed by atoms with E-state index in [-0.39, 0.29) is 40.6 Å². The number of nitrogens with zero attached hydrogens (tertiary/aromatic N) is 4. The average molecular weight is 386 g/mol. The minimum atomic E-state index is -1.38. The molecule has 0 saturated carbocycles. The SMILES string of the molecule is Cc1c(O)c(C(=O)O)c(N)c(N)c1N(C)Cc1cnc2nc(N)[nH]c(=O)c2n1. The lowest BCUT2D eigenvalue weighted by atomic mass is 10.0. The molecule has 0 atom stereocenters. The molecule has 0 aliphatic rings. The van der Waals surface area contributed by atoms with Crippen LogP contribution in [0.15, 0.2) is 11.0 Å². The fraction of sp³-hybridized carbons (Fsp3) is 0.188. The molecule has 1 aromatic carbocycles. The Morgan fingerprint density at radius 1 is 1.25 bits per heavy atom. The lowest BCUT2D eigenvalue weighted by molar-refractivity contribution is 0.0695. The second-order valence-electron chi connectivity index (χ2n) is 6.17. The second-order valence-corrected chi connectivity index (χ2v) is 6.17. The molecule has 3 aromatic rings. The first-order valence-corrected chi connectivity index (χ1v) is 7.98. The smallest absolute Gasteiger partial charge is 0.341 e. The number of H-pyrrole nitrogens is 1. The summed E-state index contributed by atoms with van der Waals surface area (Å²) in [6.45, 7) is 1.66. The Labute approximate surface area is 157 Å². The number of aromatic carboxylic acids is 1. The quantitative estimate of drug-likeness (QED) is 0.255. The fourth-order valence-corrected chi connectivity index (χ4v) is 2.97. The molecule has 0 fully saturated rings. The van der Waals surface area contributed by atoms with Crippen LogP contribution >= 0.6 is 0 Å². The van der Waals surface area contributed by atoms with Gasteiger partial charge in [-0.05, 0) is 6.92 Å². The van der Waals surface area contributed by atoms with Crippen LogP contribution in [-0.2, 0) is 6.54 Å². The van der Waals surface area contributed by atoms with Crippen LogP contribution in [0.1, 0.15) is 21.6 Å². The van der Waals surface area contributed by atoms with Gasteiger partial charge in [-0.25, -0.2) is 14.8 Å². The summed E-state index contributed by atoms with van der Waals surface area (Å²) in [6.07, 6.45) is 1.42. The highest BCUT2D eigenvalue weighted by molar-refractivity contribution is 6.04. The summed E-state index contributed by atoms with van der Waals surface area (Å²) in [5, 5.41) is 19.5. The number of aromatic amines is 1. The van der Waals surface area contributed by atoms with E-state index in [1.807, 2.05) is 0 Å². The summed E-state index contributed by atoms with van der Waals surface area (Å²) < 4.78 is 0. The van der Waals surface area contributed by atoms with Gasteiger partial charge in [0.2, 0.25) is 5.95 Å². The molecule has 0 unspecified atom stereocenters. The average Bonchev–Trinajstić information content (AvgIpc) is 2.60. The zero-order chi connectivity index (χ0) is 20.7. The molecule has 12 nitrogen and oxygen atoms in total. The molecule has 0 aliphatic carbocycles. The Morgan fingerprint density at radius 2 is 1.93 bits per heavy atom. The van der Waals surface area contributed by atoms with Crippen molar-refractivity contribution in [1.82, 2.24) is 19.9 Å². The van der Waals surface area contributed by atoms with Crippen molar-refractivity contribution in [3.63, 3.8) is 0 Å². The van der Waals surface area contributed by atoms with Gasteiger partial charge in [-0.15, -0.1) is 0 Å². The molecule has 2 aromatic heterocycles. The maximum atomic E-state index is 12.0. The second kappa shape index (κ2) is 6.57. The molecule has 0 radical (unpaired) electrons. The van der Waals surface area contributed by atoms with Crippen molar-refractivity contribution in [2.24, 2.45) is 0 Å². The topological polar surface area (TPSA) is 210 Å². The molecule has 3 rings (SSSR count). The molecule has 12 heteroatoms. The first kappa shape index (κ1) is 18.7. The third-order valence-electron chi connectivity index (χ3n) is 4.24. The maximum absolute atomic E-state index is 12.0. The zero-order valence-electron chi connectivity index (χ0n) is 15.0. The molecule has 0 spiro atoms. The predicted molar refractivity (Wildman–Crippen MR) is 103 cm³/mol. The van der Waals surface area contributed by atoms with Crippen molar-refractivity contribution in [1.29, 1.82) is 0 Å². The number of carboxylic acid groups (broad SMARTS) is 1. The van der Waals surface area contributed by atoms with Crippen LogP contribution in [0.3, 0.4) is 0 Å². The van der Waals surface area contributed by atoms with Gasteiger partial charge < -0.3 is 32.3 Å². The highest BCUT2D eigenvalue weighted by Gasteiger charge is 2.25. The molecular formula is C16H18N8O4. The largest absolute Gasteiger partial charge is 0.507 e. The molecule has 0 aliphatic heterocycles. The minimum Gasteiger partial charge on any atom is -0.507 e. The number of aromatic nitrogens is 4. The summed E-state index contributed by atoms with van der Waals surface area (Å²) in [7, 11) is 1.65. The molecule has 28 heavy (non-hydrogen) atoms. The van der Waals surface area contributed by atoms with Gasteiger partial charge >= 0.3 is 5.97 Å². The Kier molecular flexibility index (Phi) is 4.39. The summed E-state index contributed by atoms with van der Waals surface area (Å²) in [5.41, 5.74) is 17.2. The van der Waals surface area contributed by atoms with E-state index in [4.69, 9.17) is 17.2 Å². The zero-order valence-corrected chi connectivity index (χ0v) is 15.0. The Balaban J connectivity index is 2.04. The molecule has 2 heterocycles. The highest BCUT2D eigenvalue weighted by Crippen LogP contribution is 2.42. The molecule has 0 saturated heterocycles.